The molecular weight excluding hydrogens is 702 g/mol. The quantitative estimate of drug-likeness (QED) is 0.272. The number of hydrogen-bond acceptors (Lipinski definition) is 6. The number of nitrogens with zero attached hydrogens (tertiary/aromatic N) is 2. The standard InChI is InChI=1S/C27H20I2N2O6/c1-2-37-27(36)17-11-16-19-21(25(34)30(23(19)32)14-7-3-12(28)4-8-14)18(17)22-20(16)24(33)31(26(22)35)15-9-5-13(29)6-10-15/h3-11,16,18-22H,2H2,1H3/t16?,18?,19-,20-,21+,22+/m0/s1. The summed E-state index contributed by atoms with van der Waals surface area (Å²) in [5.74, 6) is -7.52. The number of carbonyl (C=O) groups is 5. The summed E-state index contributed by atoms with van der Waals surface area (Å²) in [6.07, 6.45) is 1.62. The van der Waals surface area contributed by atoms with E-state index in [9.17, 15) is 24.0 Å². The second-order valence-corrected chi connectivity index (χ2v) is 12.0. The molecule has 7 rings (SSSR count). The SMILES string of the molecule is CCOC(=O)C1=CC2[C@@H]3C(=O)N(c4ccc(I)cc4)C(=O)[C@@H]3C1[C@H]1C(=O)N(c3ccc(I)cc3)C(=O)[C@@H]21. The van der Waals surface area contributed by atoms with Crippen molar-refractivity contribution in [1.29, 1.82) is 0 Å². The number of carbonyl (C=O) groups excluding carboxylic acids is 5. The van der Waals surface area contributed by atoms with Crippen LogP contribution in [0.5, 0.6) is 0 Å². The molecule has 37 heavy (non-hydrogen) atoms. The number of ether oxygens (including phenoxy) is 1. The molecule has 0 unspecified atom stereocenters. The van der Waals surface area contributed by atoms with Crippen LogP contribution in [0.4, 0.5) is 11.4 Å². The molecule has 188 valence electrons. The molecule has 2 aromatic rings. The van der Waals surface area contributed by atoms with E-state index < -0.39 is 65.1 Å². The van der Waals surface area contributed by atoms with E-state index in [0.29, 0.717) is 11.4 Å². The number of hydrogen-bond donors (Lipinski definition) is 0. The molecule has 2 aromatic carbocycles. The predicted octanol–water partition coefficient (Wildman–Crippen LogP) is 3.56. The average molecular weight is 722 g/mol. The third-order valence-corrected chi connectivity index (χ3v) is 9.25. The Labute approximate surface area is 239 Å². The van der Waals surface area contributed by atoms with Crippen LogP contribution in [0.1, 0.15) is 6.92 Å². The topological polar surface area (TPSA) is 101 Å². The van der Waals surface area contributed by atoms with Crippen molar-refractivity contribution in [1.82, 2.24) is 0 Å². The Kier molecular flexibility index (Phi) is 6.01. The van der Waals surface area contributed by atoms with Gasteiger partial charge in [-0.05, 0) is 101 Å². The summed E-state index contributed by atoms with van der Waals surface area (Å²) in [5, 5.41) is 0. The van der Waals surface area contributed by atoms with Gasteiger partial charge in [0.25, 0.3) is 0 Å². The van der Waals surface area contributed by atoms with Gasteiger partial charge in [-0.2, -0.15) is 0 Å². The molecule has 2 aliphatic heterocycles. The number of imide groups is 2. The second kappa shape index (κ2) is 9.00. The summed E-state index contributed by atoms with van der Waals surface area (Å²) in [6, 6.07) is 14.0. The van der Waals surface area contributed by atoms with Crippen molar-refractivity contribution in [3.05, 3.63) is 67.3 Å². The third-order valence-electron chi connectivity index (χ3n) is 7.81. The highest BCUT2D eigenvalue weighted by Gasteiger charge is 2.71. The Morgan fingerprint density at radius 2 is 1.11 bits per heavy atom. The fourth-order valence-electron chi connectivity index (χ4n) is 6.46. The lowest BCUT2D eigenvalue weighted by atomic mass is 9.52. The zero-order valence-electron chi connectivity index (χ0n) is 19.5. The molecule has 8 nitrogen and oxygen atoms in total. The van der Waals surface area contributed by atoms with Gasteiger partial charge in [0.05, 0.1) is 41.7 Å². The summed E-state index contributed by atoms with van der Waals surface area (Å²) in [7, 11) is 0. The molecule has 4 amide bonds. The first-order valence-electron chi connectivity index (χ1n) is 11.9. The summed E-state index contributed by atoms with van der Waals surface area (Å²) in [6.45, 7) is 1.80. The van der Waals surface area contributed by atoms with Gasteiger partial charge in [-0.25, -0.2) is 4.79 Å². The highest BCUT2D eigenvalue weighted by Crippen LogP contribution is 2.60. The zero-order valence-corrected chi connectivity index (χ0v) is 23.8. The fourth-order valence-corrected chi connectivity index (χ4v) is 7.18. The molecule has 3 aliphatic carbocycles. The summed E-state index contributed by atoms with van der Waals surface area (Å²) in [4.78, 5) is 70.5. The third kappa shape index (κ3) is 3.54. The smallest absolute Gasteiger partial charge is 0.334 e. The molecule has 2 saturated heterocycles. The maximum absolute atomic E-state index is 13.8. The second-order valence-electron chi connectivity index (χ2n) is 9.53. The summed E-state index contributed by atoms with van der Waals surface area (Å²) < 4.78 is 7.18. The maximum Gasteiger partial charge on any atom is 0.334 e. The van der Waals surface area contributed by atoms with Crippen molar-refractivity contribution in [2.45, 2.75) is 6.92 Å². The van der Waals surface area contributed by atoms with Gasteiger partial charge in [0.15, 0.2) is 0 Å². The molecule has 1 saturated carbocycles. The predicted molar refractivity (Wildman–Crippen MR) is 149 cm³/mol. The van der Waals surface area contributed by atoms with E-state index in [0.717, 1.165) is 16.9 Å². The molecule has 0 N–H and O–H groups in total. The van der Waals surface area contributed by atoms with Crippen LogP contribution < -0.4 is 9.80 Å². The molecule has 3 fully saturated rings. The Bertz CT molecular complexity index is 1310. The van der Waals surface area contributed by atoms with Crippen molar-refractivity contribution in [2.24, 2.45) is 35.5 Å². The van der Waals surface area contributed by atoms with Gasteiger partial charge in [-0.15, -0.1) is 0 Å². The van der Waals surface area contributed by atoms with Crippen LogP contribution in [-0.2, 0) is 28.7 Å². The van der Waals surface area contributed by atoms with Gasteiger partial charge in [0.2, 0.25) is 23.6 Å². The first-order chi connectivity index (χ1) is 17.7. The number of halogens is 2. The monoisotopic (exact) mass is 722 g/mol. The lowest BCUT2D eigenvalue weighted by Gasteiger charge is -2.46. The molecule has 10 heteroatoms. The number of rotatable bonds is 4. The lowest BCUT2D eigenvalue weighted by Crippen LogP contribution is -2.53. The Morgan fingerprint density at radius 1 is 0.703 bits per heavy atom. The first kappa shape index (κ1) is 24.7. The maximum atomic E-state index is 13.8. The number of benzene rings is 2. The van der Waals surface area contributed by atoms with Gasteiger partial charge < -0.3 is 4.74 Å². The van der Waals surface area contributed by atoms with Gasteiger partial charge >= 0.3 is 5.97 Å². The minimum absolute atomic E-state index is 0.124. The van der Waals surface area contributed by atoms with E-state index in [1.165, 1.54) is 0 Å². The molecule has 2 bridgehead atoms. The van der Waals surface area contributed by atoms with E-state index in [1.807, 2.05) is 0 Å². The van der Waals surface area contributed by atoms with Crippen LogP contribution in [0.3, 0.4) is 0 Å². The minimum atomic E-state index is -0.922. The molecule has 5 aliphatic rings. The highest BCUT2D eigenvalue weighted by atomic mass is 127. The largest absolute Gasteiger partial charge is 0.463 e. The van der Waals surface area contributed by atoms with Crippen molar-refractivity contribution in [3.63, 3.8) is 0 Å². The Morgan fingerprint density at radius 3 is 1.51 bits per heavy atom. The number of allylic oxidation sites excluding steroid dienone is 1. The number of amides is 4. The molecule has 0 radical (unpaired) electrons. The Hall–Kier alpha value is -2.61. The lowest BCUT2D eigenvalue weighted by molar-refractivity contribution is -0.146. The summed E-state index contributed by atoms with van der Waals surface area (Å²) >= 11 is 4.28. The molecule has 0 aromatic heterocycles. The van der Waals surface area contributed by atoms with E-state index in [-0.39, 0.29) is 12.2 Å². The zero-order chi connectivity index (χ0) is 26.2. The van der Waals surface area contributed by atoms with E-state index in [2.05, 4.69) is 45.2 Å². The minimum Gasteiger partial charge on any atom is -0.463 e. The van der Waals surface area contributed by atoms with Crippen LogP contribution in [0.2, 0.25) is 0 Å². The molecular formula is C27H20I2N2O6. The van der Waals surface area contributed by atoms with Gasteiger partial charge in [-0.1, -0.05) is 6.08 Å². The summed E-state index contributed by atoms with van der Waals surface area (Å²) in [5.41, 5.74) is 1.08. The van der Waals surface area contributed by atoms with Gasteiger partial charge in [0, 0.05) is 24.5 Å². The highest BCUT2D eigenvalue weighted by molar-refractivity contribution is 14.1. The van der Waals surface area contributed by atoms with Crippen molar-refractivity contribution in [2.75, 3.05) is 16.4 Å². The van der Waals surface area contributed by atoms with Crippen molar-refractivity contribution >= 4 is 86.2 Å². The molecule has 2 heterocycles. The molecule has 4 atom stereocenters. The molecule has 0 spiro atoms. The fraction of sp³-hybridized carbons (Fsp3) is 0.296. The van der Waals surface area contributed by atoms with E-state index in [4.69, 9.17) is 4.74 Å². The van der Waals surface area contributed by atoms with Crippen LogP contribution in [0, 0.1) is 42.6 Å². The van der Waals surface area contributed by atoms with E-state index in [1.54, 1.807) is 61.5 Å². The van der Waals surface area contributed by atoms with Crippen LogP contribution in [-0.4, -0.2) is 36.2 Å². The van der Waals surface area contributed by atoms with E-state index >= 15 is 0 Å². The van der Waals surface area contributed by atoms with Crippen LogP contribution >= 0.6 is 45.2 Å². The normalized spacial score (nSPS) is 30.0. The van der Waals surface area contributed by atoms with Crippen molar-refractivity contribution in [3.8, 4) is 0 Å². The first-order valence-corrected chi connectivity index (χ1v) is 14.1. The van der Waals surface area contributed by atoms with Crippen molar-refractivity contribution < 1.29 is 28.7 Å². The van der Waals surface area contributed by atoms with Crippen LogP contribution in [0.15, 0.2) is 60.2 Å². The average Bonchev–Trinajstić information content (AvgIpc) is 3.32. The van der Waals surface area contributed by atoms with Crippen LogP contribution in [0.25, 0.3) is 0 Å². The van der Waals surface area contributed by atoms with Gasteiger partial charge in [-0.3, -0.25) is 29.0 Å². The van der Waals surface area contributed by atoms with Gasteiger partial charge in [0.1, 0.15) is 0 Å². The number of esters is 1. The Balaban J connectivity index is 1.46. The number of anilines is 2.